The lowest BCUT2D eigenvalue weighted by atomic mass is 9.94. The number of nitrogens with one attached hydrogen (secondary N) is 1. The number of likely N-dealkylation sites (tertiary alicyclic amines) is 1. The molecule has 2 aliphatic rings. The number of aromatic nitrogens is 1. The predicted molar refractivity (Wildman–Crippen MR) is 124 cm³/mol. The number of rotatable bonds is 5. The van der Waals surface area contributed by atoms with Crippen molar-refractivity contribution in [1.82, 2.24) is 9.88 Å². The molecule has 1 amide bonds. The Labute approximate surface area is 191 Å². The van der Waals surface area contributed by atoms with Gasteiger partial charge in [0.25, 0.3) is 11.7 Å². The fourth-order valence-electron chi connectivity index (χ4n) is 5.17. The zero-order chi connectivity index (χ0) is 23.1. The molecule has 7 heteroatoms. The van der Waals surface area contributed by atoms with Crippen LogP contribution in [0.5, 0.6) is 11.5 Å². The van der Waals surface area contributed by atoms with E-state index in [-0.39, 0.29) is 17.4 Å². The van der Waals surface area contributed by atoms with Gasteiger partial charge in [0.15, 0.2) is 11.5 Å². The van der Waals surface area contributed by atoms with Gasteiger partial charge >= 0.3 is 0 Å². The zero-order valence-corrected chi connectivity index (χ0v) is 18.6. The second-order valence-electron chi connectivity index (χ2n) is 8.51. The Morgan fingerprint density at radius 2 is 1.76 bits per heavy atom. The van der Waals surface area contributed by atoms with Gasteiger partial charge in [-0.3, -0.25) is 9.59 Å². The molecule has 1 saturated carbocycles. The molecule has 33 heavy (non-hydrogen) atoms. The van der Waals surface area contributed by atoms with Crippen molar-refractivity contribution < 1.29 is 24.2 Å². The molecule has 1 aromatic heterocycles. The molecule has 2 heterocycles. The van der Waals surface area contributed by atoms with Gasteiger partial charge in [-0.05, 0) is 36.6 Å². The van der Waals surface area contributed by atoms with E-state index in [2.05, 4.69) is 4.98 Å². The van der Waals surface area contributed by atoms with Crippen molar-refractivity contribution in [3.63, 3.8) is 0 Å². The Morgan fingerprint density at radius 3 is 2.48 bits per heavy atom. The van der Waals surface area contributed by atoms with Gasteiger partial charge < -0.3 is 24.5 Å². The number of benzene rings is 2. The van der Waals surface area contributed by atoms with E-state index in [1.54, 1.807) is 37.4 Å². The van der Waals surface area contributed by atoms with Crippen LogP contribution in [0, 0.1) is 0 Å². The summed E-state index contributed by atoms with van der Waals surface area (Å²) < 4.78 is 10.8. The third-order valence-electron chi connectivity index (χ3n) is 6.77. The lowest BCUT2D eigenvalue weighted by molar-refractivity contribution is -0.141. The normalized spacial score (nSPS) is 20.7. The highest BCUT2D eigenvalue weighted by Crippen LogP contribution is 2.45. The molecule has 3 aromatic rings. The number of amides is 1. The number of aliphatic hydroxyl groups excluding tert-OH is 1. The van der Waals surface area contributed by atoms with Crippen molar-refractivity contribution in [3.05, 3.63) is 65.4 Å². The van der Waals surface area contributed by atoms with E-state index in [0.717, 1.165) is 36.6 Å². The van der Waals surface area contributed by atoms with Gasteiger partial charge in [0.2, 0.25) is 0 Å². The number of aliphatic hydroxyl groups is 1. The molecule has 2 fully saturated rings. The van der Waals surface area contributed by atoms with Crippen molar-refractivity contribution in [2.24, 2.45) is 0 Å². The van der Waals surface area contributed by atoms with Gasteiger partial charge in [-0.25, -0.2) is 0 Å². The number of nitrogens with zero attached hydrogens (tertiary/aromatic N) is 1. The van der Waals surface area contributed by atoms with Crippen LogP contribution in [0.15, 0.2) is 54.2 Å². The first-order valence-electron chi connectivity index (χ1n) is 11.1. The zero-order valence-electron chi connectivity index (χ0n) is 18.6. The van der Waals surface area contributed by atoms with E-state index >= 15 is 0 Å². The van der Waals surface area contributed by atoms with E-state index in [1.165, 1.54) is 0 Å². The first-order chi connectivity index (χ1) is 16.0. The first kappa shape index (κ1) is 21.1. The first-order valence-corrected chi connectivity index (χ1v) is 11.1. The lowest BCUT2D eigenvalue weighted by Crippen LogP contribution is -2.37. The van der Waals surface area contributed by atoms with Crippen LogP contribution in [0.1, 0.15) is 42.9 Å². The molecular weight excluding hydrogens is 420 g/mol. The third-order valence-corrected chi connectivity index (χ3v) is 6.77. The summed E-state index contributed by atoms with van der Waals surface area (Å²) >= 11 is 0. The number of methoxy groups -OCH3 is 2. The number of carbonyl (C=O) groups excluding carboxylic acids is 2. The van der Waals surface area contributed by atoms with Crippen molar-refractivity contribution in [2.75, 3.05) is 14.2 Å². The fraction of sp³-hybridized carbons (Fsp3) is 0.308. The van der Waals surface area contributed by atoms with Gasteiger partial charge in [0.1, 0.15) is 5.76 Å². The molecule has 0 spiro atoms. The number of ketones is 1. The fourth-order valence-corrected chi connectivity index (χ4v) is 5.17. The predicted octanol–water partition coefficient (Wildman–Crippen LogP) is 4.55. The molecule has 0 radical (unpaired) electrons. The summed E-state index contributed by atoms with van der Waals surface area (Å²) in [6.07, 6.45) is 5.37. The minimum absolute atomic E-state index is 0.0483. The number of fused-ring (bicyclic) bond motifs is 1. The highest BCUT2D eigenvalue weighted by Gasteiger charge is 2.49. The van der Waals surface area contributed by atoms with Gasteiger partial charge in [-0.1, -0.05) is 37.1 Å². The number of carbonyl (C=O) groups is 2. The highest BCUT2D eigenvalue weighted by atomic mass is 16.5. The van der Waals surface area contributed by atoms with Crippen LogP contribution in [0.25, 0.3) is 16.7 Å². The van der Waals surface area contributed by atoms with Crippen LogP contribution >= 0.6 is 0 Å². The minimum Gasteiger partial charge on any atom is -0.507 e. The van der Waals surface area contributed by atoms with Gasteiger partial charge in [0, 0.05) is 28.7 Å². The number of para-hydroxylation sites is 1. The Morgan fingerprint density at radius 1 is 1.03 bits per heavy atom. The Kier molecular flexibility index (Phi) is 5.32. The van der Waals surface area contributed by atoms with Crippen LogP contribution in [0.3, 0.4) is 0 Å². The van der Waals surface area contributed by atoms with Crippen molar-refractivity contribution in [2.45, 2.75) is 37.8 Å². The van der Waals surface area contributed by atoms with E-state index < -0.39 is 17.7 Å². The average molecular weight is 447 g/mol. The second kappa shape index (κ2) is 8.31. The molecule has 1 atom stereocenters. The smallest absolute Gasteiger partial charge is 0.295 e. The van der Waals surface area contributed by atoms with Crippen molar-refractivity contribution in [1.29, 1.82) is 0 Å². The number of Topliss-reactive ketones (excluding diaryl/α,β-unsaturated/α-hetero) is 1. The molecule has 7 nitrogen and oxygen atoms in total. The van der Waals surface area contributed by atoms with E-state index in [1.807, 2.05) is 30.3 Å². The third kappa shape index (κ3) is 3.35. The molecule has 1 saturated heterocycles. The maximum atomic E-state index is 13.3. The van der Waals surface area contributed by atoms with Crippen LogP contribution < -0.4 is 9.47 Å². The SMILES string of the molecule is COc1ccc(C2/C(=C(/O)c3c[nH]c4ccccc34)C(=O)C(=O)N2C2CCCC2)cc1OC. The van der Waals surface area contributed by atoms with Gasteiger partial charge in [0.05, 0.1) is 25.8 Å². The quantitative estimate of drug-likeness (QED) is 0.341. The highest BCUT2D eigenvalue weighted by molar-refractivity contribution is 6.46. The topological polar surface area (TPSA) is 91.9 Å². The monoisotopic (exact) mass is 446 g/mol. The van der Waals surface area contributed by atoms with E-state index in [0.29, 0.717) is 22.6 Å². The summed E-state index contributed by atoms with van der Waals surface area (Å²) in [5.74, 6) is -0.353. The molecule has 1 aliphatic heterocycles. The number of hydrogen-bond acceptors (Lipinski definition) is 5. The molecule has 5 rings (SSSR count). The van der Waals surface area contributed by atoms with E-state index in [9.17, 15) is 14.7 Å². The maximum Gasteiger partial charge on any atom is 0.295 e. The van der Waals surface area contributed by atoms with Crippen molar-refractivity contribution in [3.8, 4) is 11.5 Å². The number of ether oxygens (including phenoxy) is 2. The van der Waals surface area contributed by atoms with Crippen LogP contribution in [-0.4, -0.2) is 46.9 Å². The van der Waals surface area contributed by atoms with Crippen LogP contribution in [0.2, 0.25) is 0 Å². The summed E-state index contributed by atoms with van der Waals surface area (Å²) in [4.78, 5) is 31.4. The Hall–Kier alpha value is -3.74. The molecular formula is C26H26N2O5. The largest absolute Gasteiger partial charge is 0.507 e. The summed E-state index contributed by atoms with van der Waals surface area (Å²) in [5.41, 5.74) is 2.14. The summed E-state index contributed by atoms with van der Waals surface area (Å²) in [7, 11) is 3.10. The number of aromatic amines is 1. The molecule has 0 bridgehead atoms. The molecule has 170 valence electrons. The van der Waals surface area contributed by atoms with Crippen LogP contribution in [0.4, 0.5) is 0 Å². The Bertz CT molecular complexity index is 1270. The van der Waals surface area contributed by atoms with Gasteiger partial charge in [-0.2, -0.15) is 0 Å². The maximum absolute atomic E-state index is 13.3. The Balaban J connectivity index is 1.72. The van der Waals surface area contributed by atoms with Gasteiger partial charge in [-0.15, -0.1) is 0 Å². The molecule has 2 aromatic carbocycles. The second-order valence-corrected chi connectivity index (χ2v) is 8.51. The molecule has 1 aliphatic carbocycles. The average Bonchev–Trinajstić information content (AvgIpc) is 3.57. The minimum atomic E-state index is -0.707. The summed E-state index contributed by atoms with van der Waals surface area (Å²) in [6.45, 7) is 0. The molecule has 1 unspecified atom stereocenters. The lowest BCUT2D eigenvalue weighted by Gasteiger charge is -2.31. The van der Waals surface area contributed by atoms with Crippen molar-refractivity contribution >= 4 is 28.4 Å². The standard InChI is InChI=1S/C26H26N2O5/c1-32-20-12-11-15(13-21(20)33-2)23-22(25(30)26(31)28(23)16-7-3-4-8-16)24(29)18-14-27-19-10-6-5-9-17(18)19/h5-6,9-14,16,23,27,29H,3-4,7-8H2,1-2H3/b24-22-. The number of hydrogen-bond donors (Lipinski definition) is 2. The van der Waals surface area contributed by atoms with E-state index in [4.69, 9.17) is 9.47 Å². The number of H-pyrrole nitrogens is 1. The molecule has 2 N–H and O–H groups in total. The summed E-state index contributed by atoms with van der Waals surface area (Å²) in [6, 6.07) is 12.1. The summed E-state index contributed by atoms with van der Waals surface area (Å²) in [5, 5.41) is 12.2. The van der Waals surface area contributed by atoms with Crippen LogP contribution in [-0.2, 0) is 9.59 Å².